The van der Waals surface area contributed by atoms with Gasteiger partial charge in [0, 0.05) is 0 Å². The van der Waals surface area contributed by atoms with E-state index in [-0.39, 0.29) is 0 Å². The summed E-state index contributed by atoms with van der Waals surface area (Å²) in [6.07, 6.45) is 2.35. The van der Waals surface area contributed by atoms with E-state index in [0.717, 1.165) is 0 Å². The molecular weight excluding hydrogens is 132 g/mol. The summed E-state index contributed by atoms with van der Waals surface area (Å²) in [6.45, 7) is 15.8. The summed E-state index contributed by atoms with van der Waals surface area (Å²) in [5.74, 6) is 0. The molecule has 0 rings (SSSR count). The maximum absolute atomic E-state index is 2.35. The monoisotopic (exact) mass is 154 g/mol. The molecule has 0 fully saturated rings. The number of allylic oxidation sites excluding steroid dienone is 2. The minimum Gasteiger partial charge on any atom is -0.0799 e. The number of hydrogen-bond acceptors (Lipinski definition) is 0. The molecule has 0 nitrogen and oxygen atoms in total. The lowest BCUT2D eigenvalue weighted by molar-refractivity contribution is 0.192. The fourth-order valence-electron chi connectivity index (χ4n) is 0.938. The molecule has 0 saturated carbocycles. The highest BCUT2D eigenvalue weighted by atomic mass is 14.3. The Hall–Kier alpha value is -0.260. The zero-order valence-electron chi connectivity index (χ0n) is 9.08. The van der Waals surface area contributed by atoms with Gasteiger partial charge < -0.3 is 0 Å². The molecule has 0 aliphatic heterocycles. The van der Waals surface area contributed by atoms with Crippen LogP contribution in [0, 0.1) is 10.8 Å². The molecule has 0 aromatic rings. The molecule has 0 spiro atoms. The van der Waals surface area contributed by atoms with Crippen LogP contribution in [0.2, 0.25) is 0 Å². The van der Waals surface area contributed by atoms with Crippen LogP contribution in [-0.4, -0.2) is 0 Å². The normalized spacial score (nSPS) is 13.0. The predicted octanol–water partition coefficient (Wildman–Crippen LogP) is 4.02. The standard InChI is InChI=1S/C11H22/c1-9(2)8-11(6,7)10(3,4)5/h8H,1-7H3. The van der Waals surface area contributed by atoms with E-state index in [2.05, 4.69) is 54.5 Å². The fraction of sp³-hybridized carbons (Fsp3) is 0.818. The lowest BCUT2D eigenvalue weighted by Crippen LogP contribution is -2.27. The molecule has 0 aliphatic carbocycles. The van der Waals surface area contributed by atoms with Crippen LogP contribution in [0.3, 0.4) is 0 Å². The highest BCUT2D eigenvalue weighted by Crippen LogP contribution is 2.39. The summed E-state index contributed by atoms with van der Waals surface area (Å²) in [5.41, 5.74) is 2.06. The first-order valence-corrected chi connectivity index (χ1v) is 4.33. The van der Waals surface area contributed by atoms with Gasteiger partial charge in [-0.1, -0.05) is 46.3 Å². The topological polar surface area (TPSA) is 0 Å². The first-order valence-electron chi connectivity index (χ1n) is 4.33. The molecule has 0 atom stereocenters. The van der Waals surface area contributed by atoms with E-state index in [1.165, 1.54) is 5.57 Å². The van der Waals surface area contributed by atoms with Gasteiger partial charge in [-0.25, -0.2) is 0 Å². The maximum Gasteiger partial charge on any atom is -0.0124 e. The summed E-state index contributed by atoms with van der Waals surface area (Å²) in [7, 11) is 0. The first kappa shape index (κ1) is 10.7. The van der Waals surface area contributed by atoms with Gasteiger partial charge in [0.1, 0.15) is 0 Å². The second-order valence-corrected chi connectivity index (χ2v) is 5.19. The van der Waals surface area contributed by atoms with Crippen LogP contribution in [0.15, 0.2) is 11.6 Å². The largest absolute Gasteiger partial charge is 0.0799 e. The Morgan fingerprint density at radius 1 is 0.909 bits per heavy atom. The highest BCUT2D eigenvalue weighted by Gasteiger charge is 2.29. The van der Waals surface area contributed by atoms with E-state index in [4.69, 9.17) is 0 Å². The molecule has 0 N–H and O–H groups in total. The third-order valence-electron chi connectivity index (χ3n) is 2.58. The molecule has 66 valence electrons. The number of hydrogen-bond donors (Lipinski definition) is 0. The van der Waals surface area contributed by atoms with E-state index >= 15 is 0 Å². The molecule has 11 heavy (non-hydrogen) atoms. The Balaban J connectivity index is 4.61. The van der Waals surface area contributed by atoms with Crippen LogP contribution in [0.5, 0.6) is 0 Å². The summed E-state index contributed by atoms with van der Waals surface area (Å²) in [4.78, 5) is 0. The van der Waals surface area contributed by atoms with Gasteiger partial charge in [0.25, 0.3) is 0 Å². The van der Waals surface area contributed by atoms with Crippen LogP contribution in [-0.2, 0) is 0 Å². The highest BCUT2D eigenvalue weighted by molar-refractivity contribution is 5.06. The maximum atomic E-state index is 2.35. The van der Waals surface area contributed by atoms with Gasteiger partial charge in [0.15, 0.2) is 0 Å². The van der Waals surface area contributed by atoms with Gasteiger partial charge in [-0.3, -0.25) is 0 Å². The average molecular weight is 154 g/mol. The summed E-state index contributed by atoms with van der Waals surface area (Å²) in [6, 6.07) is 0. The Labute approximate surface area is 71.7 Å². The van der Waals surface area contributed by atoms with Crippen molar-refractivity contribution in [1.29, 1.82) is 0 Å². The van der Waals surface area contributed by atoms with Gasteiger partial charge in [0.2, 0.25) is 0 Å². The first-order chi connectivity index (χ1) is 4.67. The molecule has 0 aromatic heterocycles. The van der Waals surface area contributed by atoms with Crippen molar-refractivity contribution < 1.29 is 0 Å². The zero-order valence-corrected chi connectivity index (χ0v) is 9.08. The summed E-state index contributed by atoms with van der Waals surface area (Å²) in [5, 5.41) is 0. The Bertz CT molecular complexity index is 149. The zero-order chi connectivity index (χ0) is 9.28. The molecule has 0 amide bonds. The predicted molar refractivity (Wildman–Crippen MR) is 52.7 cm³/mol. The Morgan fingerprint density at radius 3 is 1.36 bits per heavy atom. The molecule has 0 heteroatoms. The van der Waals surface area contributed by atoms with Gasteiger partial charge in [-0.15, -0.1) is 0 Å². The summed E-state index contributed by atoms with van der Waals surface area (Å²) < 4.78 is 0. The molecule has 0 aromatic carbocycles. The van der Waals surface area contributed by atoms with Crippen LogP contribution < -0.4 is 0 Å². The van der Waals surface area contributed by atoms with Crippen molar-refractivity contribution in [2.45, 2.75) is 48.5 Å². The van der Waals surface area contributed by atoms with E-state index < -0.39 is 0 Å². The lowest BCUT2D eigenvalue weighted by atomic mass is 9.69. The van der Waals surface area contributed by atoms with Crippen LogP contribution in [0.25, 0.3) is 0 Å². The van der Waals surface area contributed by atoms with E-state index in [1.54, 1.807) is 0 Å². The van der Waals surface area contributed by atoms with Crippen molar-refractivity contribution in [3.63, 3.8) is 0 Å². The smallest absolute Gasteiger partial charge is 0.0124 e. The molecule has 0 heterocycles. The van der Waals surface area contributed by atoms with E-state index in [1.807, 2.05) is 0 Å². The molecule has 0 aliphatic rings. The third-order valence-corrected chi connectivity index (χ3v) is 2.58. The minimum atomic E-state index is 0.297. The summed E-state index contributed by atoms with van der Waals surface area (Å²) >= 11 is 0. The van der Waals surface area contributed by atoms with Crippen molar-refractivity contribution in [2.75, 3.05) is 0 Å². The third kappa shape index (κ3) is 3.09. The van der Waals surface area contributed by atoms with Gasteiger partial charge in [0.05, 0.1) is 0 Å². The second-order valence-electron chi connectivity index (χ2n) is 5.19. The van der Waals surface area contributed by atoms with Crippen molar-refractivity contribution in [2.24, 2.45) is 10.8 Å². The lowest BCUT2D eigenvalue weighted by Gasteiger charge is -2.36. The SMILES string of the molecule is CC(C)=CC(C)(C)C(C)(C)C. The number of rotatable bonds is 1. The fourth-order valence-corrected chi connectivity index (χ4v) is 0.938. The van der Waals surface area contributed by atoms with Crippen molar-refractivity contribution in [3.05, 3.63) is 11.6 Å². The van der Waals surface area contributed by atoms with Gasteiger partial charge in [-0.2, -0.15) is 0 Å². The molecule has 0 unspecified atom stereocenters. The quantitative estimate of drug-likeness (QED) is 0.500. The van der Waals surface area contributed by atoms with Crippen molar-refractivity contribution >= 4 is 0 Å². The van der Waals surface area contributed by atoms with Crippen LogP contribution in [0.4, 0.5) is 0 Å². The molecular formula is C11H22. The minimum absolute atomic E-state index is 0.297. The van der Waals surface area contributed by atoms with Crippen molar-refractivity contribution in [3.8, 4) is 0 Å². The molecule has 0 radical (unpaired) electrons. The average Bonchev–Trinajstić information content (AvgIpc) is 1.56. The van der Waals surface area contributed by atoms with Crippen LogP contribution in [0.1, 0.15) is 48.5 Å². The second kappa shape index (κ2) is 3.00. The van der Waals surface area contributed by atoms with E-state index in [9.17, 15) is 0 Å². The Kier molecular flexibility index (Phi) is 2.93. The van der Waals surface area contributed by atoms with Gasteiger partial charge >= 0.3 is 0 Å². The van der Waals surface area contributed by atoms with Crippen LogP contribution >= 0.6 is 0 Å². The molecule has 0 bridgehead atoms. The van der Waals surface area contributed by atoms with Gasteiger partial charge in [-0.05, 0) is 24.7 Å². The van der Waals surface area contributed by atoms with Crippen molar-refractivity contribution in [1.82, 2.24) is 0 Å². The Morgan fingerprint density at radius 2 is 1.27 bits per heavy atom. The molecule has 0 saturated heterocycles. The van der Waals surface area contributed by atoms with E-state index in [0.29, 0.717) is 10.8 Å².